The Morgan fingerprint density at radius 3 is 2.47 bits per heavy atom. The Morgan fingerprint density at radius 1 is 1.21 bits per heavy atom. The lowest BCUT2D eigenvalue weighted by Crippen LogP contribution is -2.36. The van der Waals surface area contributed by atoms with Gasteiger partial charge in [0, 0.05) is 5.54 Å². The van der Waals surface area contributed by atoms with Crippen molar-refractivity contribution in [2.24, 2.45) is 0 Å². The Bertz CT molecular complexity index is 375. The second-order valence-corrected chi connectivity index (χ2v) is 6.07. The van der Waals surface area contributed by atoms with E-state index in [-0.39, 0.29) is 17.9 Å². The van der Waals surface area contributed by atoms with Crippen molar-refractivity contribution in [3.8, 4) is 5.75 Å². The number of ether oxygens (including phenoxy) is 1. The van der Waals surface area contributed by atoms with Crippen molar-refractivity contribution in [1.29, 1.82) is 0 Å². The third kappa shape index (κ3) is 8.35. The summed E-state index contributed by atoms with van der Waals surface area (Å²) in [4.78, 5) is 0. The van der Waals surface area contributed by atoms with E-state index >= 15 is 0 Å². The van der Waals surface area contributed by atoms with Gasteiger partial charge in [0.25, 0.3) is 0 Å². The van der Waals surface area contributed by atoms with Gasteiger partial charge in [0.15, 0.2) is 0 Å². The molecular formula is C15H25Cl2NO. The minimum absolute atomic E-state index is 0. The van der Waals surface area contributed by atoms with E-state index in [0.717, 1.165) is 30.7 Å². The average molecular weight is 306 g/mol. The fourth-order valence-corrected chi connectivity index (χ4v) is 1.89. The standard InChI is InChI=1S/C15H24ClNO.ClH/c1-12-7-8-14(13(16)11-12)18-10-6-5-9-17-15(2,3)4;/h7-8,11,17H,5-6,9-10H2,1-4H3;1H. The Balaban J connectivity index is 0.00000324. The zero-order valence-corrected chi connectivity index (χ0v) is 13.8. The van der Waals surface area contributed by atoms with E-state index in [1.165, 1.54) is 0 Å². The maximum absolute atomic E-state index is 6.09. The molecule has 1 aromatic rings. The number of rotatable bonds is 6. The van der Waals surface area contributed by atoms with Crippen LogP contribution in [0.3, 0.4) is 0 Å². The van der Waals surface area contributed by atoms with Crippen molar-refractivity contribution in [3.63, 3.8) is 0 Å². The summed E-state index contributed by atoms with van der Waals surface area (Å²) < 4.78 is 5.66. The smallest absolute Gasteiger partial charge is 0.137 e. The van der Waals surface area contributed by atoms with E-state index < -0.39 is 0 Å². The van der Waals surface area contributed by atoms with Gasteiger partial charge in [-0.05, 0) is 64.8 Å². The molecule has 0 saturated carbocycles. The summed E-state index contributed by atoms with van der Waals surface area (Å²) in [7, 11) is 0. The molecule has 0 atom stereocenters. The van der Waals surface area contributed by atoms with Gasteiger partial charge in [-0.3, -0.25) is 0 Å². The molecule has 0 fully saturated rings. The number of aryl methyl sites for hydroxylation is 1. The van der Waals surface area contributed by atoms with Gasteiger partial charge in [0.1, 0.15) is 5.75 Å². The number of nitrogens with one attached hydrogen (secondary N) is 1. The maximum atomic E-state index is 6.09. The van der Waals surface area contributed by atoms with Gasteiger partial charge in [-0.15, -0.1) is 12.4 Å². The molecule has 1 aromatic carbocycles. The Labute approximate surface area is 128 Å². The van der Waals surface area contributed by atoms with Crippen molar-refractivity contribution in [1.82, 2.24) is 5.32 Å². The molecule has 0 heterocycles. The molecule has 0 saturated heterocycles. The highest BCUT2D eigenvalue weighted by Gasteiger charge is 2.07. The zero-order chi connectivity index (χ0) is 13.6. The highest BCUT2D eigenvalue weighted by atomic mass is 35.5. The molecule has 0 aliphatic heterocycles. The van der Waals surface area contributed by atoms with Gasteiger partial charge in [-0.1, -0.05) is 17.7 Å². The molecule has 0 bridgehead atoms. The van der Waals surface area contributed by atoms with Crippen LogP contribution in [0.4, 0.5) is 0 Å². The lowest BCUT2D eigenvalue weighted by Gasteiger charge is -2.20. The van der Waals surface area contributed by atoms with Crippen molar-refractivity contribution in [2.75, 3.05) is 13.2 Å². The lowest BCUT2D eigenvalue weighted by atomic mass is 10.1. The summed E-state index contributed by atoms with van der Waals surface area (Å²) in [5, 5.41) is 4.15. The minimum Gasteiger partial charge on any atom is -0.492 e. The van der Waals surface area contributed by atoms with Crippen molar-refractivity contribution < 1.29 is 4.74 Å². The van der Waals surface area contributed by atoms with Crippen LogP contribution in [0.15, 0.2) is 18.2 Å². The largest absolute Gasteiger partial charge is 0.492 e. The Morgan fingerprint density at radius 2 is 1.89 bits per heavy atom. The molecule has 4 heteroatoms. The fourth-order valence-electron chi connectivity index (χ4n) is 1.60. The van der Waals surface area contributed by atoms with Crippen LogP contribution < -0.4 is 10.1 Å². The predicted octanol–water partition coefficient (Wildman–Crippen LogP) is 4.62. The van der Waals surface area contributed by atoms with Gasteiger partial charge < -0.3 is 10.1 Å². The van der Waals surface area contributed by atoms with E-state index in [9.17, 15) is 0 Å². The van der Waals surface area contributed by atoms with Crippen LogP contribution in [0.1, 0.15) is 39.2 Å². The summed E-state index contributed by atoms with van der Waals surface area (Å²) in [5.41, 5.74) is 1.35. The van der Waals surface area contributed by atoms with Crippen molar-refractivity contribution in [2.45, 2.75) is 46.1 Å². The van der Waals surface area contributed by atoms with Crippen LogP contribution in [0.25, 0.3) is 0 Å². The molecule has 19 heavy (non-hydrogen) atoms. The van der Waals surface area contributed by atoms with Gasteiger partial charge in [-0.25, -0.2) is 0 Å². The third-order valence-electron chi connectivity index (χ3n) is 2.57. The molecule has 1 N–H and O–H groups in total. The Hall–Kier alpha value is -0.440. The van der Waals surface area contributed by atoms with Crippen molar-refractivity contribution >= 4 is 24.0 Å². The molecule has 110 valence electrons. The monoisotopic (exact) mass is 305 g/mol. The number of benzene rings is 1. The topological polar surface area (TPSA) is 21.3 Å². The number of hydrogen-bond donors (Lipinski definition) is 1. The SMILES string of the molecule is Cc1ccc(OCCCCNC(C)(C)C)c(Cl)c1.Cl. The molecule has 1 rings (SSSR count). The van der Waals surface area contributed by atoms with Crippen LogP contribution >= 0.6 is 24.0 Å². The second kappa shape index (κ2) is 8.68. The summed E-state index contributed by atoms with van der Waals surface area (Å²) >= 11 is 6.09. The van der Waals surface area contributed by atoms with E-state index in [1.807, 2.05) is 25.1 Å². The molecule has 2 nitrogen and oxygen atoms in total. The van der Waals surface area contributed by atoms with E-state index in [4.69, 9.17) is 16.3 Å². The van der Waals surface area contributed by atoms with Gasteiger partial charge in [0.2, 0.25) is 0 Å². The first-order valence-electron chi connectivity index (χ1n) is 6.52. The minimum atomic E-state index is 0. The molecular weight excluding hydrogens is 281 g/mol. The van der Waals surface area contributed by atoms with Crippen LogP contribution in [0.5, 0.6) is 5.75 Å². The number of hydrogen-bond acceptors (Lipinski definition) is 2. The summed E-state index contributed by atoms with van der Waals surface area (Å²) in [6.45, 7) is 10.3. The predicted molar refractivity (Wildman–Crippen MR) is 85.9 cm³/mol. The van der Waals surface area contributed by atoms with Crippen LogP contribution in [-0.2, 0) is 0 Å². The van der Waals surface area contributed by atoms with Gasteiger partial charge in [0.05, 0.1) is 11.6 Å². The van der Waals surface area contributed by atoms with E-state index in [2.05, 4.69) is 26.1 Å². The summed E-state index contributed by atoms with van der Waals surface area (Å²) in [6.07, 6.45) is 2.15. The molecule has 0 aliphatic rings. The van der Waals surface area contributed by atoms with Crippen LogP contribution in [0, 0.1) is 6.92 Å². The molecule has 0 radical (unpaired) electrons. The summed E-state index contributed by atoms with van der Waals surface area (Å²) in [6, 6.07) is 5.88. The molecule has 0 spiro atoms. The quantitative estimate of drug-likeness (QED) is 0.774. The number of halogens is 2. The normalized spacial score (nSPS) is 11.0. The first-order valence-corrected chi connectivity index (χ1v) is 6.90. The lowest BCUT2D eigenvalue weighted by molar-refractivity contribution is 0.301. The highest BCUT2D eigenvalue weighted by Crippen LogP contribution is 2.25. The molecule has 0 aromatic heterocycles. The first kappa shape index (κ1) is 18.6. The summed E-state index contributed by atoms with van der Waals surface area (Å²) in [5.74, 6) is 0.783. The van der Waals surface area contributed by atoms with E-state index in [0.29, 0.717) is 11.6 Å². The second-order valence-electron chi connectivity index (χ2n) is 5.67. The number of unbranched alkanes of at least 4 members (excludes halogenated alkanes) is 1. The molecule has 0 amide bonds. The molecule has 0 aliphatic carbocycles. The molecule has 0 unspecified atom stereocenters. The fraction of sp³-hybridized carbons (Fsp3) is 0.600. The highest BCUT2D eigenvalue weighted by molar-refractivity contribution is 6.32. The third-order valence-corrected chi connectivity index (χ3v) is 2.87. The maximum Gasteiger partial charge on any atom is 0.137 e. The zero-order valence-electron chi connectivity index (χ0n) is 12.3. The Kier molecular flexibility index (Phi) is 8.47. The van der Waals surface area contributed by atoms with Crippen molar-refractivity contribution in [3.05, 3.63) is 28.8 Å². The van der Waals surface area contributed by atoms with Crippen LogP contribution in [0.2, 0.25) is 5.02 Å². The first-order chi connectivity index (χ1) is 8.38. The van der Waals surface area contributed by atoms with E-state index in [1.54, 1.807) is 0 Å². The average Bonchev–Trinajstić information content (AvgIpc) is 2.24. The van der Waals surface area contributed by atoms with Gasteiger partial charge in [-0.2, -0.15) is 0 Å². The van der Waals surface area contributed by atoms with Crippen LogP contribution in [-0.4, -0.2) is 18.7 Å². The van der Waals surface area contributed by atoms with Gasteiger partial charge >= 0.3 is 0 Å².